The average Bonchev–Trinajstić information content (AvgIpc) is 3.04. The summed E-state index contributed by atoms with van der Waals surface area (Å²) in [6.07, 6.45) is 0. The first-order chi connectivity index (χ1) is 13.9. The molecule has 4 aromatic rings. The van der Waals surface area contributed by atoms with Crippen LogP contribution >= 0.6 is 0 Å². The van der Waals surface area contributed by atoms with E-state index in [-0.39, 0.29) is 19.0 Å². The van der Waals surface area contributed by atoms with Crippen LogP contribution in [0.3, 0.4) is 0 Å². The minimum atomic E-state index is -0.985. The molecular weight excluding hydrogens is 368 g/mol. The minimum Gasteiger partial charge on any atom is -0.489 e. The van der Waals surface area contributed by atoms with Gasteiger partial charge in [-0.1, -0.05) is 30.3 Å². The molecule has 0 aliphatic rings. The van der Waals surface area contributed by atoms with Crippen molar-refractivity contribution in [1.29, 1.82) is 0 Å². The summed E-state index contributed by atoms with van der Waals surface area (Å²) in [6, 6.07) is 15.6. The summed E-state index contributed by atoms with van der Waals surface area (Å²) in [7, 11) is 0. The van der Waals surface area contributed by atoms with Crippen LogP contribution in [0.4, 0.5) is 5.82 Å². The van der Waals surface area contributed by atoms with Crippen LogP contribution < -0.4 is 10.5 Å². The monoisotopic (exact) mass is 392 g/mol. The Morgan fingerprint density at radius 1 is 1.10 bits per heavy atom. The van der Waals surface area contributed by atoms with Gasteiger partial charge >= 0.3 is 0 Å². The lowest BCUT2D eigenvalue weighted by molar-refractivity contribution is 0.0607. The number of nitrogen functional groups attached to an aromatic ring is 1. The maximum Gasteiger partial charge on any atom is 0.152 e. The largest absolute Gasteiger partial charge is 0.489 e. The van der Waals surface area contributed by atoms with E-state index in [0.29, 0.717) is 29.2 Å². The summed E-state index contributed by atoms with van der Waals surface area (Å²) in [5, 5.41) is 20.9. The van der Waals surface area contributed by atoms with Gasteiger partial charge < -0.3 is 25.3 Å². The molecule has 0 bridgehead atoms. The van der Waals surface area contributed by atoms with E-state index in [1.807, 2.05) is 48.5 Å². The third kappa shape index (κ3) is 3.87. The SMILES string of the molecule is CC(C)(O)Cn1c(CO)nc2c(N)nc3cc(OCc4ccccc4)ccc3c21. The Hall–Kier alpha value is -3.16. The highest BCUT2D eigenvalue weighted by Gasteiger charge is 2.22. The molecular formula is C22H24N4O3. The zero-order valence-electron chi connectivity index (χ0n) is 16.5. The van der Waals surface area contributed by atoms with E-state index in [1.165, 1.54) is 0 Å². The van der Waals surface area contributed by atoms with Crippen LogP contribution in [-0.4, -0.2) is 30.3 Å². The lowest BCUT2D eigenvalue weighted by Crippen LogP contribution is -2.27. The number of aromatic nitrogens is 3. The summed E-state index contributed by atoms with van der Waals surface area (Å²) in [6.45, 7) is 3.88. The third-order valence-corrected chi connectivity index (χ3v) is 4.69. The number of hydrogen-bond donors (Lipinski definition) is 3. The molecule has 29 heavy (non-hydrogen) atoms. The van der Waals surface area contributed by atoms with Crippen molar-refractivity contribution in [3.8, 4) is 5.75 Å². The van der Waals surface area contributed by atoms with Gasteiger partial charge in [-0.3, -0.25) is 0 Å². The van der Waals surface area contributed by atoms with Gasteiger partial charge in [0, 0.05) is 11.5 Å². The first-order valence-corrected chi connectivity index (χ1v) is 9.44. The van der Waals surface area contributed by atoms with Crippen LogP contribution in [0.5, 0.6) is 5.75 Å². The molecule has 0 atom stereocenters. The van der Waals surface area contributed by atoms with Gasteiger partial charge in [0.05, 0.1) is 23.2 Å². The number of imidazole rings is 1. The first kappa shape index (κ1) is 19.2. The predicted octanol–water partition coefficient (Wildman–Crippen LogP) is 3.01. The van der Waals surface area contributed by atoms with Crippen molar-refractivity contribution < 1.29 is 14.9 Å². The summed E-state index contributed by atoms with van der Waals surface area (Å²) in [5.41, 5.74) is 8.19. The second kappa shape index (κ2) is 7.35. The fraction of sp³-hybridized carbons (Fsp3) is 0.273. The highest BCUT2D eigenvalue weighted by Crippen LogP contribution is 2.32. The van der Waals surface area contributed by atoms with Gasteiger partial charge in [-0.05, 0) is 31.5 Å². The van der Waals surface area contributed by atoms with Crippen molar-refractivity contribution in [2.24, 2.45) is 0 Å². The number of pyridine rings is 1. The van der Waals surface area contributed by atoms with Gasteiger partial charge in [0.1, 0.15) is 30.3 Å². The summed E-state index contributed by atoms with van der Waals surface area (Å²) in [4.78, 5) is 8.93. The number of ether oxygens (including phenoxy) is 1. The van der Waals surface area contributed by atoms with Gasteiger partial charge in [0.15, 0.2) is 5.82 Å². The fourth-order valence-electron chi connectivity index (χ4n) is 3.45. The van der Waals surface area contributed by atoms with Crippen LogP contribution in [0, 0.1) is 0 Å². The standard InChI is InChI=1S/C22H24N4O3/c1-22(2,28)13-26-18(11-27)25-19-20(26)16-9-8-15(10-17(16)24-21(19)23)29-12-14-6-4-3-5-7-14/h3-10,27-28H,11-13H2,1-2H3,(H2,23,24). The Morgan fingerprint density at radius 3 is 2.55 bits per heavy atom. The number of aliphatic hydroxyl groups excluding tert-OH is 1. The zero-order valence-corrected chi connectivity index (χ0v) is 16.5. The fourth-order valence-corrected chi connectivity index (χ4v) is 3.45. The molecule has 2 aromatic heterocycles. The number of aliphatic hydroxyl groups is 2. The number of hydrogen-bond acceptors (Lipinski definition) is 6. The summed E-state index contributed by atoms with van der Waals surface area (Å²) >= 11 is 0. The van der Waals surface area contributed by atoms with E-state index >= 15 is 0 Å². The molecule has 4 N–H and O–H groups in total. The minimum absolute atomic E-state index is 0.260. The Bertz CT molecular complexity index is 1160. The Balaban J connectivity index is 1.79. The molecule has 7 heteroatoms. The molecule has 4 rings (SSSR count). The molecule has 0 unspecified atom stereocenters. The van der Waals surface area contributed by atoms with Gasteiger partial charge in [0.2, 0.25) is 0 Å². The predicted molar refractivity (Wildman–Crippen MR) is 112 cm³/mol. The molecule has 0 amide bonds. The maximum absolute atomic E-state index is 10.3. The number of nitrogens with two attached hydrogens (primary N) is 1. The third-order valence-electron chi connectivity index (χ3n) is 4.69. The molecule has 0 fully saturated rings. The van der Waals surface area contributed by atoms with E-state index < -0.39 is 5.60 Å². The molecule has 7 nitrogen and oxygen atoms in total. The number of fused-ring (bicyclic) bond motifs is 3. The van der Waals surface area contributed by atoms with E-state index in [9.17, 15) is 10.2 Å². The van der Waals surface area contributed by atoms with Crippen LogP contribution in [0.15, 0.2) is 48.5 Å². The quantitative estimate of drug-likeness (QED) is 0.466. The molecule has 2 heterocycles. The van der Waals surface area contributed by atoms with Crippen molar-refractivity contribution in [3.63, 3.8) is 0 Å². The van der Waals surface area contributed by atoms with E-state index in [1.54, 1.807) is 18.4 Å². The molecule has 150 valence electrons. The van der Waals surface area contributed by atoms with Gasteiger partial charge in [-0.15, -0.1) is 0 Å². The Morgan fingerprint density at radius 2 is 1.86 bits per heavy atom. The lowest BCUT2D eigenvalue weighted by Gasteiger charge is -2.20. The number of nitrogens with zero attached hydrogens (tertiary/aromatic N) is 3. The highest BCUT2D eigenvalue weighted by molar-refractivity contribution is 6.06. The molecule has 0 spiro atoms. The number of benzene rings is 2. The van der Waals surface area contributed by atoms with E-state index in [2.05, 4.69) is 9.97 Å². The summed E-state index contributed by atoms with van der Waals surface area (Å²) in [5.74, 6) is 1.40. The Kier molecular flexibility index (Phi) is 4.86. The lowest BCUT2D eigenvalue weighted by atomic mass is 10.1. The van der Waals surface area contributed by atoms with Crippen molar-refractivity contribution >= 4 is 27.8 Å². The van der Waals surface area contributed by atoms with Gasteiger partial charge in [0.25, 0.3) is 0 Å². The molecule has 0 saturated carbocycles. The van der Waals surface area contributed by atoms with E-state index in [0.717, 1.165) is 16.5 Å². The van der Waals surface area contributed by atoms with Crippen LogP contribution in [-0.2, 0) is 19.8 Å². The number of rotatable bonds is 6. The zero-order chi connectivity index (χ0) is 20.6. The molecule has 0 saturated heterocycles. The van der Waals surface area contributed by atoms with E-state index in [4.69, 9.17) is 10.5 Å². The van der Waals surface area contributed by atoms with Crippen molar-refractivity contribution in [3.05, 3.63) is 59.9 Å². The van der Waals surface area contributed by atoms with Crippen LogP contribution in [0.1, 0.15) is 25.2 Å². The van der Waals surface area contributed by atoms with Crippen molar-refractivity contribution in [2.75, 3.05) is 5.73 Å². The molecule has 0 aliphatic heterocycles. The van der Waals surface area contributed by atoms with Crippen molar-refractivity contribution in [2.45, 2.75) is 39.2 Å². The Labute approximate surface area is 168 Å². The second-order valence-corrected chi connectivity index (χ2v) is 7.73. The average molecular weight is 392 g/mol. The second-order valence-electron chi connectivity index (χ2n) is 7.73. The molecule has 0 aliphatic carbocycles. The van der Waals surface area contributed by atoms with Crippen molar-refractivity contribution in [1.82, 2.24) is 14.5 Å². The molecule has 0 radical (unpaired) electrons. The van der Waals surface area contributed by atoms with Gasteiger partial charge in [-0.2, -0.15) is 0 Å². The normalized spacial score (nSPS) is 12.0. The maximum atomic E-state index is 10.3. The smallest absolute Gasteiger partial charge is 0.152 e. The summed E-state index contributed by atoms with van der Waals surface area (Å²) < 4.78 is 7.71. The van der Waals surface area contributed by atoms with Crippen LogP contribution in [0.2, 0.25) is 0 Å². The molecule has 2 aromatic carbocycles. The number of anilines is 1. The first-order valence-electron chi connectivity index (χ1n) is 9.44. The topological polar surface area (TPSA) is 106 Å². The van der Waals surface area contributed by atoms with Crippen LogP contribution in [0.25, 0.3) is 21.9 Å². The van der Waals surface area contributed by atoms with Gasteiger partial charge in [-0.25, -0.2) is 9.97 Å². The highest BCUT2D eigenvalue weighted by atomic mass is 16.5.